The predicted octanol–water partition coefficient (Wildman–Crippen LogP) is 0.533. The number of hydrogen-bond donors (Lipinski definition) is 2. The number of hydrogen-bond acceptors (Lipinski definition) is 4. The molecular weight excluding hydrogens is 274 g/mol. The number of rotatable bonds is 5. The maximum atomic E-state index is 11.9. The topological polar surface area (TPSA) is 87.7 Å². The molecular formula is C14H17N3O4. The molecule has 2 N–H and O–H groups in total. The van der Waals surface area contributed by atoms with Crippen LogP contribution in [0.4, 0.5) is 5.69 Å². The van der Waals surface area contributed by atoms with Crippen molar-refractivity contribution in [2.75, 3.05) is 19.0 Å². The summed E-state index contributed by atoms with van der Waals surface area (Å²) >= 11 is 0. The van der Waals surface area contributed by atoms with Crippen molar-refractivity contribution >= 4 is 23.4 Å². The molecule has 0 spiro atoms. The van der Waals surface area contributed by atoms with Crippen molar-refractivity contribution in [1.29, 1.82) is 0 Å². The summed E-state index contributed by atoms with van der Waals surface area (Å²) in [5.74, 6) is -1.49. The zero-order valence-corrected chi connectivity index (χ0v) is 11.9. The molecule has 1 heterocycles. The molecule has 2 rings (SSSR count). The van der Waals surface area contributed by atoms with Gasteiger partial charge in [0.25, 0.3) is 11.8 Å². The lowest BCUT2D eigenvalue weighted by molar-refractivity contribution is -0.134. The van der Waals surface area contributed by atoms with E-state index in [0.29, 0.717) is 18.0 Å². The highest BCUT2D eigenvalue weighted by atomic mass is 16.5. The molecule has 3 amide bonds. The van der Waals surface area contributed by atoms with E-state index in [9.17, 15) is 14.4 Å². The predicted molar refractivity (Wildman–Crippen MR) is 75.3 cm³/mol. The first kappa shape index (κ1) is 14.8. The minimum absolute atomic E-state index is 0.178. The van der Waals surface area contributed by atoms with Crippen LogP contribution in [0.25, 0.3) is 0 Å². The molecule has 1 fully saturated rings. The van der Waals surface area contributed by atoms with E-state index >= 15 is 0 Å². The lowest BCUT2D eigenvalue weighted by Crippen LogP contribution is -2.31. The summed E-state index contributed by atoms with van der Waals surface area (Å²) in [5.41, 5.74) is 2.94. The number of benzene rings is 1. The van der Waals surface area contributed by atoms with Crippen molar-refractivity contribution in [1.82, 2.24) is 10.4 Å². The number of nitrogens with one attached hydrogen (secondary N) is 2. The normalized spacial score (nSPS) is 17.6. The highest BCUT2D eigenvalue weighted by Crippen LogP contribution is 2.18. The van der Waals surface area contributed by atoms with Crippen LogP contribution in [0.3, 0.4) is 0 Å². The molecule has 7 nitrogen and oxygen atoms in total. The maximum Gasteiger partial charge on any atom is 0.253 e. The number of anilines is 1. The fraction of sp³-hybridized carbons (Fsp3) is 0.357. The van der Waals surface area contributed by atoms with Crippen molar-refractivity contribution in [2.24, 2.45) is 5.92 Å². The summed E-state index contributed by atoms with van der Waals surface area (Å²) in [7, 11) is 1.45. The molecule has 0 aromatic heterocycles. The van der Waals surface area contributed by atoms with Gasteiger partial charge in [-0.2, -0.15) is 0 Å². The summed E-state index contributed by atoms with van der Waals surface area (Å²) in [6, 6.07) is 6.87. The molecule has 0 bridgehead atoms. The Morgan fingerprint density at radius 3 is 2.52 bits per heavy atom. The minimum Gasteiger partial charge on any atom is -0.494 e. The zero-order chi connectivity index (χ0) is 15.4. The van der Waals surface area contributed by atoms with Crippen LogP contribution in [0.1, 0.15) is 13.3 Å². The fourth-order valence-electron chi connectivity index (χ4n) is 2.02. The van der Waals surface area contributed by atoms with Gasteiger partial charge in [-0.3, -0.25) is 24.8 Å². The van der Waals surface area contributed by atoms with E-state index in [0.717, 1.165) is 5.01 Å². The van der Waals surface area contributed by atoms with Gasteiger partial charge < -0.3 is 10.1 Å². The first-order valence-electron chi connectivity index (χ1n) is 6.62. The standard InChI is InChI=1S/C14H17N3O4/c1-3-21-10-6-4-9(5-7-10)15-12(18)8-11-13(19)16-17(2)14(11)20/h4-7,11H,3,8H2,1-2H3,(H,15,18)(H,16,19). The Kier molecular flexibility index (Phi) is 4.42. The third-order valence-corrected chi connectivity index (χ3v) is 3.06. The number of nitrogens with zero attached hydrogens (tertiary/aromatic N) is 1. The molecule has 1 aliphatic heterocycles. The summed E-state index contributed by atoms with van der Waals surface area (Å²) in [6.45, 7) is 2.45. The molecule has 1 aromatic carbocycles. The third kappa shape index (κ3) is 3.50. The number of carbonyl (C=O) groups is 3. The van der Waals surface area contributed by atoms with Gasteiger partial charge >= 0.3 is 0 Å². The summed E-state index contributed by atoms with van der Waals surface area (Å²) in [6.07, 6.45) is -0.178. The van der Waals surface area contributed by atoms with Crippen molar-refractivity contribution < 1.29 is 19.1 Å². The lowest BCUT2D eigenvalue weighted by Gasteiger charge is -2.09. The highest BCUT2D eigenvalue weighted by Gasteiger charge is 2.38. The average molecular weight is 291 g/mol. The van der Waals surface area contributed by atoms with Gasteiger partial charge in [0.15, 0.2) is 0 Å². The first-order valence-corrected chi connectivity index (χ1v) is 6.62. The van der Waals surface area contributed by atoms with Crippen molar-refractivity contribution in [3.8, 4) is 5.75 Å². The quantitative estimate of drug-likeness (QED) is 0.775. The van der Waals surface area contributed by atoms with E-state index in [4.69, 9.17) is 4.74 Å². The van der Waals surface area contributed by atoms with Crippen LogP contribution >= 0.6 is 0 Å². The molecule has 112 valence electrons. The van der Waals surface area contributed by atoms with Gasteiger partial charge in [-0.25, -0.2) is 0 Å². The highest BCUT2D eigenvalue weighted by molar-refractivity contribution is 6.08. The number of ether oxygens (including phenoxy) is 1. The summed E-state index contributed by atoms with van der Waals surface area (Å²) in [4.78, 5) is 35.1. The van der Waals surface area contributed by atoms with Crippen LogP contribution in [0.2, 0.25) is 0 Å². The smallest absolute Gasteiger partial charge is 0.253 e. The Morgan fingerprint density at radius 2 is 2.00 bits per heavy atom. The number of carbonyl (C=O) groups excluding carboxylic acids is 3. The SMILES string of the molecule is CCOc1ccc(NC(=O)CC2C(=O)NN(C)C2=O)cc1. The van der Waals surface area contributed by atoms with E-state index in [1.807, 2.05) is 6.92 Å². The van der Waals surface area contributed by atoms with Gasteiger partial charge in [-0.05, 0) is 31.2 Å². The van der Waals surface area contributed by atoms with Crippen LogP contribution in [0.15, 0.2) is 24.3 Å². The molecule has 1 saturated heterocycles. The van der Waals surface area contributed by atoms with E-state index in [-0.39, 0.29) is 12.3 Å². The molecule has 1 atom stereocenters. The van der Waals surface area contributed by atoms with Crippen LogP contribution in [-0.4, -0.2) is 36.4 Å². The van der Waals surface area contributed by atoms with Crippen LogP contribution < -0.4 is 15.5 Å². The van der Waals surface area contributed by atoms with Gasteiger partial charge in [-0.15, -0.1) is 0 Å². The molecule has 0 aliphatic carbocycles. The van der Waals surface area contributed by atoms with Gasteiger partial charge in [-0.1, -0.05) is 0 Å². The van der Waals surface area contributed by atoms with E-state index in [2.05, 4.69) is 10.7 Å². The van der Waals surface area contributed by atoms with Crippen LogP contribution in [-0.2, 0) is 14.4 Å². The molecule has 1 unspecified atom stereocenters. The van der Waals surface area contributed by atoms with Crippen molar-refractivity contribution in [3.63, 3.8) is 0 Å². The summed E-state index contributed by atoms with van der Waals surface area (Å²) < 4.78 is 5.30. The van der Waals surface area contributed by atoms with Gasteiger partial charge in [0, 0.05) is 19.2 Å². The van der Waals surface area contributed by atoms with E-state index < -0.39 is 17.7 Å². The molecule has 1 aliphatic rings. The van der Waals surface area contributed by atoms with Gasteiger partial charge in [0.1, 0.15) is 11.7 Å². The van der Waals surface area contributed by atoms with Crippen molar-refractivity contribution in [2.45, 2.75) is 13.3 Å². The minimum atomic E-state index is -0.960. The lowest BCUT2D eigenvalue weighted by atomic mass is 10.0. The van der Waals surface area contributed by atoms with Gasteiger partial charge in [0.2, 0.25) is 5.91 Å². The summed E-state index contributed by atoms with van der Waals surface area (Å²) in [5, 5.41) is 3.74. The second-order valence-corrected chi connectivity index (χ2v) is 4.64. The Morgan fingerprint density at radius 1 is 1.33 bits per heavy atom. The average Bonchev–Trinajstić information content (AvgIpc) is 2.68. The zero-order valence-electron chi connectivity index (χ0n) is 11.9. The Labute approximate surface area is 122 Å². The number of hydrazine groups is 1. The molecule has 21 heavy (non-hydrogen) atoms. The first-order chi connectivity index (χ1) is 10.0. The van der Waals surface area contributed by atoms with Crippen LogP contribution in [0, 0.1) is 5.92 Å². The second kappa shape index (κ2) is 6.25. The van der Waals surface area contributed by atoms with Crippen molar-refractivity contribution in [3.05, 3.63) is 24.3 Å². The fourth-order valence-corrected chi connectivity index (χ4v) is 2.02. The third-order valence-electron chi connectivity index (χ3n) is 3.06. The number of amides is 3. The maximum absolute atomic E-state index is 11.9. The van der Waals surface area contributed by atoms with E-state index in [1.165, 1.54) is 7.05 Å². The second-order valence-electron chi connectivity index (χ2n) is 4.64. The Hall–Kier alpha value is -2.57. The Balaban J connectivity index is 1.92. The molecule has 0 radical (unpaired) electrons. The van der Waals surface area contributed by atoms with E-state index in [1.54, 1.807) is 24.3 Å². The molecule has 1 aromatic rings. The largest absolute Gasteiger partial charge is 0.494 e. The Bertz CT molecular complexity index is 556. The molecule has 0 saturated carbocycles. The van der Waals surface area contributed by atoms with Crippen LogP contribution in [0.5, 0.6) is 5.75 Å². The monoisotopic (exact) mass is 291 g/mol. The molecule has 7 heteroatoms. The van der Waals surface area contributed by atoms with Gasteiger partial charge in [0.05, 0.1) is 6.61 Å².